The van der Waals surface area contributed by atoms with Gasteiger partial charge in [-0.25, -0.2) is 0 Å². The molecule has 0 aromatic rings. The topological polar surface area (TPSA) is 61.8 Å². The summed E-state index contributed by atoms with van der Waals surface area (Å²) in [5.74, 6) is 0. The fraction of sp³-hybridized carbons (Fsp3) is 0.714. The predicted octanol–water partition coefficient (Wildman–Crippen LogP) is 9.71. The van der Waals surface area contributed by atoms with Crippen molar-refractivity contribution in [1.29, 1.82) is 0 Å². The highest BCUT2D eigenvalue weighted by Gasteiger charge is 2.35. The highest BCUT2D eigenvalue weighted by Crippen LogP contribution is 2.57. The summed E-state index contributed by atoms with van der Waals surface area (Å²) in [6, 6.07) is 0. The van der Waals surface area contributed by atoms with Gasteiger partial charge in [0, 0.05) is 12.8 Å². The van der Waals surface area contributed by atoms with E-state index in [9.17, 15) is 9.13 Å². The molecule has 0 fully saturated rings. The fourth-order valence-electron chi connectivity index (χ4n) is 3.79. The van der Waals surface area contributed by atoms with Gasteiger partial charge in [-0.05, 0) is 93.9 Å². The first-order valence-corrected chi connectivity index (χ1v) is 17.0. The van der Waals surface area contributed by atoms with Crippen molar-refractivity contribution < 1.29 is 22.7 Å². The van der Waals surface area contributed by atoms with Crippen molar-refractivity contribution in [2.75, 3.05) is 32.6 Å². The summed E-state index contributed by atoms with van der Waals surface area (Å²) in [6.07, 6.45) is 14.6. The van der Waals surface area contributed by atoms with Gasteiger partial charge in [0.15, 0.2) is 7.37 Å². The first-order valence-electron chi connectivity index (χ1n) is 13.1. The smallest absolute Gasteiger partial charge is 0.329 e. The van der Waals surface area contributed by atoms with E-state index in [0.29, 0.717) is 38.8 Å². The summed E-state index contributed by atoms with van der Waals surface area (Å²) >= 11 is 0. The lowest BCUT2D eigenvalue weighted by Crippen LogP contribution is -2.15. The molecule has 0 saturated heterocycles. The maximum atomic E-state index is 13.7. The second-order valence-electron chi connectivity index (χ2n) is 9.48. The van der Waals surface area contributed by atoms with Crippen LogP contribution in [0, 0.1) is 0 Å². The van der Waals surface area contributed by atoms with Crippen LogP contribution in [0.4, 0.5) is 0 Å². The van der Waals surface area contributed by atoms with Gasteiger partial charge < -0.3 is 13.6 Å². The van der Waals surface area contributed by atoms with Crippen LogP contribution in [-0.4, -0.2) is 38.3 Å². The van der Waals surface area contributed by atoms with Crippen LogP contribution in [0.25, 0.3) is 0 Å². The molecule has 0 radical (unpaired) electrons. The van der Waals surface area contributed by atoms with Gasteiger partial charge in [-0.2, -0.15) is 0 Å². The van der Waals surface area contributed by atoms with Crippen LogP contribution in [0.3, 0.4) is 0 Å². The fourth-order valence-corrected chi connectivity index (χ4v) is 7.19. The van der Waals surface area contributed by atoms with Gasteiger partial charge in [-0.3, -0.25) is 9.13 Å². The van der Waals surface area contributed by atoms with E-state index in [1.165, 1.54) is 16.7 Å². The molecule has 204 valence electrons. The third-order valence-corrected chi connectivity index (χ3v) is 10.2. The minimum atomic E-state index is -3.33. The van der Waals surface area contributed by atoms with Gasteiger partial charge >= 0.3 is 7.60 Å². The molecule has 0 saturated carbocycles. The Morgan fingerprint density at radius 1 is 0.714 bits per heavy atom. The average Bonchev–Trinajstić information content (AvgIpc) is 2.73. The van der Waals surface area contributed by atoms with Crippen molar-refractivity contribution in [2.45, 2.75) is 99.6 Å². The largest absolute Gasteiger partial charge is 0.338 e. The molecule has 0 spiro atoms. The normalized spacial score (nSPS) is 16.2. The van der Waals surface area contributed by atoms with Gasteiger partial charge in [0.05, 0.1) is 25.5 Å². The van der Waals surface area contributed by atoms with Crippen LogP contribution >= 0.6 is 15.0 Å². The van der Waals surface area contributed by atoms with E-state index >= 15 is 0 Å². The molecule has 0 aliphatic rings. The van der Waals surface area contributed by atoms with E-state index in [2.05, 4.69) is 45.9 Å². The Bertz CT molecular complexity index is 809. The van der Waals surface area contributed by atoms with Crippen molar-refractivity contribution in [1.82, 2.24) is 0 Å². The van der Waals surface area contributed by atoms with Crippen LogP contribution < -0.4 is 0 Å². The third kappa shape index (κ3) is 15.9. The van der Waals surface area contributed by atoms with Crippen LogP contribution in [0.15, 0.2) is 46.6 Å². The SMILES string of the molecule is CCOP(C)(=O)CCC=C(C)C(CC=C(C)CCC=C(C)CCC=C(C)C)P(=O)(OCC)OCC. The van der Waals surface area contributed by atoms with Gasteiger partial charge in [-0.1, -0.05) is 46.6 Å². The van der Waals surface area contributed by atoms with Gasteiger partial charge in [0.25, 0.3) is 0 Å². The molecular formula is C28H52O5P2. The molecule has 0 aromatic heterocycles. The summed E-state index contributed by atoms with van der Waals surface area (Å²) in [4.78, 5) is 0. The molecule has 0 aliphatic heterocycles. The zero-order chi connectivity index (χ0) is 26.9. The Balaban J connectivity index is 5.39. The Hall–Kier alpha value is -0.700. The maximum absolute atomic E-state index is 13.7. The lowest BCUT2D eigenvalue weighted by molar-refractivity contribution is 0.214. The molecule has 0 bridgehead atoms. The monoisotopic (exact) mass is 530 g/mol. The molecular weight excluding hydrogens is 478 g/mol. The molecule has 35 heavy (non-hydrogen) atoms. The molecule has 5 nitrogen and oxygen atoms in total. The van der Waals surface area contributed by atoms with Crippen LogP contribution in [-0.2, 0) is 22.7 Å². The van der Waals surface area contributed by atoms with E-state index in [4.69, 9.17) is 13.6 Å². The average molecular weight is 531 g/mol. The zero-order valence-corrected chi connectivity index (χ0v) is 25.7. The molecule has 0 aromatic carbocycles. The first kappa shape index (κ1) is 34.3. The van der Waals surface area contributed by atoms with Crippen molar-refractivity contribution >= 4 is 15.0 Å². The molecule has 2 unspecified atom stereocenters. The summed E-state index contributed by atoms with van der Waals surface area (Å²) in [5.41, 5.74) is 4.65. The second kappa shape index (κ2) is 18.5. The van der Waals surface area contributed by atoms with Crippen LogP contribution in [0.1, 0.15) is 93.9 Å². The number of allylic oxidation sites excluding steroid dienone is 8. The molecule has 0 heterocycles. The Morgan fingerprint density at radius 2 is 1.23 bits per heavy atom. The second-order valence-corrected chi connectivity index (χ2v) is 14.4. The van der Waals surface area contributed by atoms with Gasteiger partial charge in [-0.15, -0.1) is 0 Å². The minimum absolute atomic E-state index is 0.328. The Kier molecular flexibility index (Phi) is 18.2. The number of hydrogen-bond acceptors (Lipinski definition) is 5. The van der Waals surface area contributed by atoms with E-state index in [0.717, 1.165) is 31.3 Å². The van der Waals surface area contributed by atoms with Gasteiger partial charge in [0.1, 0.15) is 0 Å². The summed E-state index contributed by atoms with van der Waals surface area (Å²) < 4.78 is 42.9. The summed E-state index contributed by atoms with van der Waals surface area (Å²) in [6.45, 7) is 18.9. The van der Waals surface area contributed by atoms with Crippen molar-refractivity contribution in [3.05, 3.63) is 46.6 Å². The van der Waals surface area contributed by atoms with Crippen molar-refractivity contribution in [3.8, 4) is 0 Å². The highest BCUT2D eigenvalue weighted by atomic mass is 31.2. The lowest BCUT2D eigenvalue weighted by Gasteiger charge is -2.26. The van der Waals surface area contributed by atoms with Crippen molar-refractivity contribution in [3.63, 3.8) is 0 Å². The van der Waals surface area contributed by atoms with Crippen LogP contribution in [0.2, 0.25) is 0 Å². The predicted molar refractivity (Wildman–Crippen MR) is 153 cm³/mol. The van der Waals surface area contributed by atoms with Crippen molar-refractivity contribution in [2.24, 2.45) is 0 Å². The number of hydrogen-bond donors (Lipinski definition) is 0. The van der Waals surface area contributed by atoms with E-state index in [-0.39, 0.29) is 5.66 Å². The van der Waals surface area contributed by atoms with E-state index < -0.39 is 15.0 Å². The quantitative estimate of drug-likeness (QED) is 0.123. The zero-order valence-electron chi connectivity index (χ0n) is 23.9. The van der Waals surface area contributed by atoms with Crippen LogP contribution in [0.5, 0.6) is 0 Å². The van der Waals surface area contributed by atoms with E-state index in [1.54, 1.807) is 6.66 Å². The molecule has 2 atom stereocenters. The van der Waals surface area contributed by atoms with E-state index in [1.807, 2.05) is 33.8 Å². The Labute approximate surface area is 216 Å². The Morgan fingerprint density at radius 3 is 1.74 bits per heavy atom. The first-order chi connectivity index (χ1) is 16.4. The summed E-state index contributed by atoms with van der Waals surface area (Å²) in [7, 11) is -5.93. The highest BCUT2D eigenvalue weighted by molar-refractivity contribution is 7.58. The lowest BCUT2D eigenvalue weighted by atomic mass is 10.0. The summed E-state index contributed by atoms with van der Waals surface area (Å²) in [5, 5.41) is 0. The molecule has 7 heteroatoms. The molecule has 0 rings (SSSR count). The third-order valence-electron chi connectivity index (χ3n) is 5.74. The molecule has 0 N–H and O–H groups in total. The van der Waals surface area contributed by atoms with Gasteiger partial charge in [0.2, 0.25) is 0 Å². The molecule has 0 amide bonds. The molecule has 0 aliphatic carbocycles. The number of rotatable bonds is 19. The minimum Gasteiger partial charge on any atom is -0.329 e. The maximum Gasteiger partial charge on any atom is 0.338 e. The standard InChI is InChI=1S/C28H52O5P2/c1-10-31-34(9,29)23-15-20-27(8)28(35(30,32-11-2)33-12-3)22-21-26(7)19-14-18-25(6)17-13-16-24(4)5/h16,18,20-21,28H,10-15,17,19,22-23H2,1-9H3.